The molecule has 4 aromatic carbocycles. The molecular weight excluding hydrogens is 1150 g/mol. The monoisotopic (exact) mass is 1210 g/mol. The standard InChI is InChI=1S/C25H26FN5O.C22H20FN5O.C21H21FN6O/c1-16-14-31-24(29-16)20(18-6-4-17(5-7-18)15-30(2)3)12-27-25(31)28-13-21-19-10-11-32-23(19)9-8-22(21)26;1-13-9-15(5-7-24-13)17-10-25-22(28-12-14(2)27-21(17)28)26-11-18-16-6-8-29-20(16)4-3-19(18)23;1-12-8-18(27(3)26-12)16-10-24-21(28-11-13(2)25-20(16)28)23-9-15-14-6-7-29-19(14)5-4-17(15)22/h4-9,12,14H,10-11,13,15H2,1-3H3,(H,27,28);3-5,7,9-10,12H,6,8,11H2,1-2H3,(H,25,26);4-5,8,10-11H,6-7,9H2,1-3H3,(H,23,24). The summed E-state index contributed by atoms with van der Waals surface area (Å²) in [7, 11) is 6.02. The third kappa shape index (κ3) is 11.8. The minimum Gasteiger partial charge on any atom is -0.493 e. The summed E-state index contributed by atoms with van der Waals surface area (Å²) in [5.41, 5.74) is 18.6. The second-order valence-electron chi connectivity index (χ2n) is 23.0. The normalized spacial score (nSPS) is 12.9. The molecule has 0 fully saturated rings. The molecule has 0 spiro atoms. The first kappa shape index (κ1) is 58.7. The molecule has 22 heteroatoms. The van der Waals surface area contributed by atoms with Gasteiger partial charge in [0.05, 0.1) is 53.9 Å². The first-order chi connectivity index (χ1) is 43.6. The molecule has 0 aliphatic carbocycles. The number of halogens is 3. The average molecular weight is 1210 g/mol. The predicted octanol–water partition coefficient (Wildman–Crippen LogP) is 12.0. The van der Waals surface area contributed by atoms with Crippen LogP contribution in [0.4, 0.5) is 31.0 Å². The number of imidazole rings is 3. The van der Waals surface area contributed by atoms with E-state index in [1.54, 1.807) is 36.8 Å². The first-order valence-electron chi connectivity index (χ1n) is 29.8. The Morgan fingerprint density at radius 3 is 1.31 bits per heavy atom. The van der Waals surface area contributed by atoms with E-state index in [2.05, 4.69) is 94.2 Å². The Morgan fingerprint density at radius 2 is 0.900 bits per heavy atom. The van der Waals surface area contributed by atoms with E-state index in [9.17, 15) is 13.2 Å². The van der Waals surface area contributed by atoms with Crippen molar-refractivity contribution in [2.75, 3.05) is 49.9 Å². The Morgan fingerprint density at radius 1 is 0.478 bits per heavy atom. The maximum atomic E-state index is 14.5. The molecule has 11 heterocycles. The van der Waals surface area contributed by atoms with Crippen molar-refractivity contribution < 1.29 is 27.4 Å². The third-order valence-electron chi connectivity index (χ3n) is 16.2. The van der Waals surface area contributed by atoms with E-state index in [1.165, 1.54) is 23.8 Å². The molecule has 12 aromatic rings. The maximum Gasteiger partial charge on any atom is 0.208 e. The molecule has 3 aliphatic heterocycles. The second kappa shape index (κ2) is 24.7. The Labute approximate surface area is 517 Å². The molecule has 458 valence electrons. The molecule has 15 rings (SSSR count). The van der Waals surface area contributed by atoms with E-state index < -0.39 is 0 Å². The summed E-state index contributed by atoms with van der Waals surface area (Å²) in [5.74, 6) is 3.46. The van der Waals surface area contributed by atoms with E-state index in [4.69, 9.17) is 19.2 Å². The van der Waals surface area contributed by atoms with Gasteiger partial charge in [-0.25, -0.2) is 43.1 Å². The van der Waals surface area contributed by atoms with Gasteiger partial charge in [0, 0.05) is 146 Å². The zero-order valence-corrected chi connectivity index (χ0v) is 51.3. The highest BCUT2D eigenvalue weighted by Crippen LogP contribution is 2.36. The topological polar surface area (TPSA) is 188 Å². The van der Waals surface area contributed by atoms with Gasteiger partial charge < -0.3 is 35.1 Å². The quantitative estimate of drug-likeness (QED) is 0.0932. The lowest BCUT2D eigenvalue weighted by Gasteiger charge is -2.13. The fourth-order valence-corrected chi connectivity index (χ4v) is 12.0. The molecule has 0 amide bonds. The number of hydrogen-bond donors (Lipinski definition) is 3. The van der Waals surface area contributed by atoms with Gasteiger partial charge in [-0.2, -0.15) is 5.10 Å². The van der Waals surface area contributed by atoms with Crippen molar-refractivity contribution in [3.05, 3.63) is 207 Å². The number of hydrogen-bond acceptors (Lipinski definition) is 15. The van der Waals surface area contributed by atoms with Crippen LogP contribution >= 0.6 is 0 Å². The SMILES string of the molecule is Cc1cc(-c2cnc(NCc3c(F)ccc4c3CCO4)n3cc(C)nc23)ccn1.Cc1cn2c(NCc3c(F)ccc4c3CCO4)ncc(-c3cc(C)nn3C)c2n1.Cc1cn2c(NCc3c(F)ccc4c3CCO4)ncc(-c3ccc(CN(C)C)cc3)c2n1. The van der Waals surface area contributed by atoms with Crippen LogP contribution in [-0.4, -0.2) is 96.7 Å². The fourth-order valence-electron chi connectivity index (χ4n) is 12.0. The van der Waals surface area contributed by atoms with Gasteiger partial charge in [-0.05, 0) is 120 Å². The molecule has 19 nitrogen and oxygen atoms in total. The van der Waals surface area contributed by atoms with Crippen molar-refractivity contribution in [2.24, 2.45) is 7.05 Å². The molecule has 0 bridgehead atoms. The minimum absolute atomic E-state index is 0.228. The summed E-state index contributed by atoms with van der Waals surface area (Å²) in [4.78, 5) is 34.4. The number of nitrogens with one attached hydrogen (secondary N) is 3. The van der Waals surface area contributed by atoms with Crippen LogP contribution in [0.15, 0.2) is 122 Å². The summed E-state index contributed by atoms with van der Waals surface area (Å²) < 4.78 is 67.7. The van der Waals surface area contributed by atoms with Crippen LogP contribution in [0.2, 0.25) is 0 Å². The lowest BCUT2D eigenvalue weighted by Crippen LogP contribution is -2.10. The van der Waals surface area contributed by atoms with Gasteiger partial charge in [0.25, 0.3) is 0 Å². The Hall–Kier alpha value is -10.4. The van der Waals surface area contributed by atoms with E-state index >= 15 is 0 Å². The zero-order chi connectivity index (χ0) is 62.3. The summed E-state index contributed by atoms with van der Waals surface area (Å²) in [6.07, 6.45) is 15.2. The number of fused-ring (bicyclic) bond motifs is 6. The molecule has 0 radical (unpaired) electrons. The lowest BCUT2D eigenvalue weighted by atomic mass is 10.0. The maximum absolute atomic E-state index is 14.5. The molecule has 0 saturated carbocycles. The number of aromatic nitrogens is 12. The average Bonchev–Trinajstić information content (AvgIpc) is 1.68. The minimum atomic E-state index is -0.234. The third-order valence-corrected chi connectivity index (χ3v) is 16.2. The first-order valence-corrected chi connectivity index (χ1v) is 29.8. The molecule has 90 heavy (non-hydrogen) atoms. The summed E-state index contributed by atoms with van der Waals surface area (Å²) in [6.45, 7) is 13.4. The van der Waals surface area contributed by atoms with Gasteiger partial charge in [0.2, 0.25) is 17.8 Å². The van der Waals surface area contributed by atoms with Crippen molar-refractivity contribution in [1.82, 2.24) is 62.8 Å². The van der Waals surface area contributed by atoms with Crippen LogP contribution in [0.25, 0.3) is 50.5 Å². The Bertz CT molecular complexity index is 4690. The van der Waals surface area contributed by atoms with E-state index in [0.717, 1.165) is 139 Å². The number of rotatable bonds is 14. The van der Waals surface area contributed by atoms with Crippen molar-refractivity contribution in [3.63, 3.8) is 0 Å². The van der Waals surface area contributed by atoms with Crippen molar-refractivity contribution in [1.29, 1.82) is 0 Å². The van der Waals surface area contributed by atoms with Gasteiger partial charge in [-0.1, -0.05) is 24.3 Å². The van der Waals surface area contributed by atoms with E-state index in [1.807, 2.05) is 103 Å². The van der Waals surface area contributed by atoms with E-state index in [-0.39, 0.29) is 17.5 Å². The van der Waals surface area contributed by atoms with Gasteiger partial charge in [0.1, 0.15) is 46.0 Å². The second-order valence-corrected chi connectivity index (χ2v) is 23.0. The van der Waals surface area contributed by atoms with Crippen LogP contribution in [0.3, 0.4) is 0 Å². The molecule has 0 unspecified atom stereocenters. The number of aryl methyl sites for hydroxylation is 6. The van der Waals surface area contributed by atoms with Gasteiger partial charge >= 0.3 is 0 Å². The summed E-state index contributed by atoms with van der Waals surface area (Å²) in [5, 5.41) is 14.3. The number of nitrogens with zero attached hydrogens (tertiary/aromatic N) is 13. The number of pyridine rings is 1. The van der Waals surface area contributed by atoms with Crippen LogP contribution in [0, 0.1) is 52.1 Å². The highest BCUT2D eigenvalue weighted by molar-refractivity contribution is 5.80. The molecular formula is C68H67F3N16O3. The molecule has 3 N–H and O–H groups in total. The molecule has 0 atom stereocenters. The number of ether oxygens (including phenoxy) is 3. The molecule has 3 aliphatic rings. The highest BCUT2D eigenvalue weighted by atomic mass is 19.1. The Kier molecular flexibility index (Phi) is 16.1. The predicted molar refractivity (Wildman–Crippen MR) is 340 cm³/mol. The van der Waals surface area contributed by atoms with Crippen molar-refractivity contribution in [3.8, 4) is 50.8 Å². The fraction of sp³-hybridized carbons (Fsp3) is 0.265. The van der Waals surface area contributed by atoms with Crippen LogP contribution in [0.5, 0.6) is 17.2 Å². The number of benzene rings is 4. The van der Waals surface area contributed by atoms with Crippen LogP contribution in [-0.2, 0) is 52.5 Å². The molecule has 8 aromatic heterocycles. The van der Waals surface area contributed by atoms with Crippen LogP contribution < -0.4 is 30.2 Å². The molecule has 0 saturated heterocycles. The largest absolute Gasteiger partial charge is 0.493 e. The highest BCUT2D eigenvalue weighted by Gasteiger charge is 2.24. The Balaban J connectivity index is 0.000000124. The van der Waals surface area contributed by atoms with Crippen molar-refractivity contribution >= 4 is 34.8 Å². The summed E-state index contributed by atoms with van der Waals surface area (Å²) in [6, 6.07) is 23.9. The van der Waals surface area contributed by atoms with Gasteiger partial charge in [-0.15, -0.1) is 0 Å². The lowest BCUT2D eigenvalue weighted by molar-refractivity contribution is 0.356. The van der Waals surface area contributed by atoms with Crippen LogP contribution in [0.1, 0.15) is 67.4 Å². The zero-order valence-electron chi connectivity index (χ0n) is 51.3. The van der Waals surface area contributed by atoms with Gasteiger partial charge in [-0.3, -0.25) is 22.9 Å². The summed E-state index contributed by atoms with van der Waals surface area (Å²) >= 11 is 0. The number of anilines is 3. The van der Waals surface area contributed by atoms with Crippen molar-refractivity contribution in [2.45, 2.75) is 80.1 Å². The van der Waals surface area contributed by atoms with E-state index in [0.29, 0.717) is 74.0 Å². The smallest absolute Gasteiger partial charge is 0.208 e. The van der Waals surface area contributed by atoms with Gasteiger partial charge in [0.15, 0.2) is 5.65 Å².